The topological polar surface area (TPSA) is 0 Å². The van der Waals surface area contributed by atoms with Crippen LogP contribution in [0.3, 0.4) is 0 Å². The molecule has 0 nitrogen and oxygen atoms in total. The summed E-state index contributed by atoms with van der Waals surface area (Å²) in [7, 11) is -0.0680. The summed E-state index contributed by atoms with van der Waals surface area (Å²) in [4.78, 5) is 0. The molecular weight excluding hydrogens is 247 g/mol. The standard InChI is InChI=1S/C18H19P/c1-13-12-14-8-4-5-9-15(14)18(13)16-10-6-7-11-17(16)19(2)3/h4-12,18H,1-3H3. The lowest BCUT2D eigenvalue weighted by Gasteiger charge is -2.21. The summed E-state index contributed by atoms with van der Waals surface area (Å²) in [6.07, 6.45) is 2.34. The minimum atomic E-state index is -0.0680. The molecule has 0 bridgehead atoms. The second-order valence-corrected chi connectivity index (χ2v) is 7.67. The van der Waals surface area contributed by atoms with Crippen LogP contribution in [0.15, 0.2) is 54.1 Å². The van der Waals surface area contributed by atoms with Crippen molar-refractivity contribution < 1.29 is 0 Å². The van der Waals surface area contributed by atoms with Crippen LogP contribution in [0.2, 0.25) is 0 Å². The monoisotopic (exact) mass is 266 g/mol. The minimum absolute atomic E-state index is 0.0680. The molecule has 1 atom stereocenters. The lowest BCUT2D eigenvalue weighted by molar-refractivity contribution is 0.985. The van der Waals surface area contributed by atoms with Gasteiger partial charge in [-0.1, -0.05) is 68.1 Å². The molecular formula is C18H19P. The normalized spacial score (nSPS) is 17.5. The van der Waals surface area contributed by atoms with E-state index in [0.717, 1.165) is 0 Å². The van der Waals surface area contributed by atoms with Gasteiger partial charge in [-0.2, -0.15) is 0 Å². The zero-order valence-electron chi connectivity index (χ0n) is 11.7. The highest BCUT2D eigenvalue weighted by atomic mass is 31.1. The maximum Gasteiger partial charge on any atom is 0.0311 e. The van der Waals surface area contributed by atoms with E-state index in [9.17, 15) is 0 Å². The van der Waals surface area contributed by atoms with Gasteiger partial charge in [0, 0.05) is 5.92 Å². The van der Waals surface area contributed by atoms with E-state index in [1.54, 1.807) is 0 Å². The van der Waals surface area contributed by atoms with Crippen molar-refractivity contribution in [2.24, 2.45) is 0 Å². The van der Waals surface area contributed by atoms with Gasteiger partial charge in [-0.3, -0.25) is 0 Å². The summed E-state index contributed by atoms with van der Waals surface area (Å²) in [6.45, 7) is 6.94. The molecule has 1 heteroatoms. The van der Waals surface area contributed by atoms with Crippen molar-refractivity contribution in [3.8, 4) is 0 Å². The van der Waals surface area contributed by atoms with Crippen molar-refractivity contribution in [1.82, 2.24) is 0 Å². The van der Waals surface area contributed by atoms with Crippen LogP contribution in [0.25, 0.3) is 6.08 Å². The molecule has 0 spiro atoms. The summed E-state index contributed by atoms with van der Waals surface area (Å²) in [5.74, 6) is 0.456. The molecule has 0 fully saturated rings. The highest BCUT2D eigenvalue weighted by Gasteiger charge is 2.25. The summed E-state index contributed by atoms with van der Waals surface area (Å²) >= 11 is 0. The Kier molecular flexibility index (Phi) is 3.29. The smallest absolute Gasteiger partial charge is 0.0311 e. The molecule has 3 rings (SSSR count). The minimum Gasteiger partial charge on any atom is -0.0814 e. The first kappa shape index (κ1) is 12.6. The van der Waals surface area contributed by atoms with E-state index < -0.39 is 0 Å². The Morgan fingerprint density at radius 1 is 0.842 bits per heavy atom. The highest BCUT2D eigenvalue weighted by molar-refractivity contribution is 7.64. The molecule has 0 heterocycles. The third-order valence-electron chi connectivity index (χ3n) is 3.88. The van der Waals surface area contributed by atoms with Crippen molar-refractivity contribution in [2.45, 2.75) is 12.8 Å². The molecule has 0 amide bonds. The van der Waals surface area contributed by atoms with Gasteiger partial charge < -0.3 is 0 Å². The van der Waals surface area contributed by atoms with E-state index in [1.165, 1.54) is 27.6 Å². The molecule has 96 valence electrons. The van der Waals surface area contributed by atoms with E-state index in [2.05, 4.69) is 74.9 Å². The van der Waals surface area contributed by atoms with Gasteiger partial charge in [0.25, 0.3) is 0 Å². The van der Waals surface area contributed by atoms with E-state index in [1.807, 2.05) is 0 Å². The fraction of sp³-hybridized carbons (Fsp3) is 0.222. The Bertz CT molecular complexity index is 638. The summed E-state index contributed by atoms with van der Waals surface area (Å²) < 4.78 is 0. The zero-order valence-corrected chi connectivity index (χ0v) is 12.6. The first-order valence-electron chi connectivity index (χ1n) is 6.72. The van der Waals surface area contributed by atoms with Gasteiger partial charge in [0.15, 0.2) is 0 Å². The van der Waals surface area contributed by atoms with Gasteiger partial charge in [-0.15, -0.1) is 0 Å². The third kappa shape index (κ3) is 2.15. The van der Waals surface area contributed by atoms with Crippen LogP contribution in [0.5, 0.6) is 0 Å². The van der Waals surface area contributed by atoms with Crippen LogP contribution >= 0.6 is 7.92 Å². The molecule has 1 unspecified atom stereocenters. The average Bonchev–Trinajstić information content (AvgIpc) is 2.74. The van der Waals surface area contributed by atoms with E-state index >= 15 is 0 Å². The van der Waals surface area contributed by atoms with Crippen LogP contribution in [-0.2, 0) is 0 Å². The first-order valence-corrected chi connectivity index (χ1v) is 8.95. The first-order chi connectivity index (χ1) is 9.18. The van der Waals surface area contributed by atoms with Crippen molar-refractivity contribution in [1.29, 1.82) is 0 Å². The number of allylic oxidation sites excluding steroid dienone is 1. The number of benzene rings is 2. The lowest BCUT2D eigenvalue weighted by Crippen LogP contribution is -2.12. The molecule has 0 N–H and O–H groups in total. The fourth-order valence-corrected chi connectivity index (χ4v) is 4.14. The Labute approximate surface area is 116 Å². The number of hydrogen-bond donors (Lipinski definition) is 0. The van der Waals surface area contributed by atoms with Crippen molar-refractivity contribution >= 4 is 19.3 Å². The molecule has 19 heavy (non-hydrogen) atoms. The van der Waals surface area contributed by atoms with Crippen molar-refractivity contribution in [2.75, 3.05) is 13.3 Å². The second kappa shape index (κ2) is 4.94. The van der Waals surface area contributed by atoms with Crippen LogP contribution in [-0.4, -0.2) is 13.3 Å². The summed E-state index contributed by atoms with van der Waals surface area (Å²) in [6, 6.07) is 17.7. The molecule has 2 aromatic carbocycles. The van der Waals surface area contributed by atoms with Gasteiger partial charge in [0.1, 0.15) is 0 Å². The molecule has 1 aliphatic rings. The number of hydrogen-bond acceptors (Lipinski definition) is 0. The second-order valence-electron chi connectivity index (χ2n) is 5.40. The maximum atomic E-state index is 2.34. The zero-order chi connectivity index (χ0) is 13.4. The Morgan fingerprint density at radius 2 is 1.47 bits per heavy atom. The molecule has 0 saturated heterocycles. The molecule has 2 aromatic rings. The van der Waals surface area contributed by atoms with E-state index in [4.69, 9.17) is 0 Å². The maximum absolute atomic E-state index is 2.34. The third-order valence-corrected chi connectivity index (χ3v) is 5.25. The summed E-state index contributed by atoms with van der Waals surface area (Å²) in [5, 5.41) is 1.53. The van der Waals surface area contributed by atoms with Crippen molar-refractivity contribution in [3.05, 3.63) is 70.8 Å². The largest absolute Gasteiger partial charge is 0.0814 e. The fourth-order valence-electron chi connectivity index (χ4n) is 3.03. The Morgan fingerprint density at radius 3 is 2.21 bits per heavy atom. The van der Waals surface area contributed by atoms with Gasteiger partial charge in [-0.05, 0) is 42.2 Å². The van der Waals surface area contributed by atoms with Crippen molar-refractivity contribution in [3.63, 3.8) is 0 Å². The van der Waals surface area contributed by atoms with Crippen LogP contribution in [0, 0.1) is 0 Å². The summed E-state index contributed by atoms with van der Waals surface area (Å²) in [5.41, 5.74) is 5.81. The van der Waals surface area contributed by atoms with Gasteiger partial charge in [-0.25, -0.2) is 0 Å². The predicted octanol–water partition coefficient (Wildman–Crippen LogP) is 4.60. The number of fused-ring (bicyclic) bond motifs is 1. The molecule has 0 saturated carbocycles. The van der Waals surface area contributed by atoms with Gasteiger partial charge in [0.05, 0.1) is 0 Å². The highest BCUT2D eigenvalue weighted by Crippen LogP contribution is 2.42. The molecule has 1 aliphatic carbocycles. The van der Waals surface area contributed by atoms with Crippen LogP contribution < -0.4 is 5.30 Å². The van der Waals surface area contributed by atoms with Gasteiger partial charge >= 0.3 is 0 Å². The van der Waals surface area contributed by atoms with Crippen LogP contribution in [0.1, 0.15) is 29.5 Å². The van der Waals surface area contributed by atoms with Gasteiger partial charge in [0.2, 0.25) is 0 Å². The van der Waals surface area contributed by atoms with E-state index in [-0.39, 0.29) is 7.92 Å². The predicted molar refractivity (Wildman–Crippen MR) is 86.8 cm³/mol. The Hall–Kier alpha value is -1.39. The molecule has 0 aliphatic heterocycles. The lowest BCUT2D eigenvalue weighted by atomic mass is 9.89. The van der Waals surface area contributed by atoms with Crippen LogP contribution in [0.4, 0.5) is 0 Å². The number of rotatable bonds is 2. The quantitative estimate of drug-likeness (QED) is 0.697. The van der Waals surface area contributed by atoms with E-state index in [0.29, 0.717) is 5.92 Å². The Balaban J connectivity index is 2.16. The molecule has 0 radical (unpaired) electrons. The molecule has 0 aromatic heterocycles. The average molecular weight is 266 g/mol. The SMILES string of the molecule is CC1=Cc2ccccc2C1c1ccccc1P(C)C.